The first-order chi connectivity index (χ1) is 16.4. The Kier molecular flexibility index (Phi) is 7.70. The summed E-state index contributed by atoms with van der Waals surface area (Å²) in [7, 11) is 0. The third-order valence-corrected chi connectivity index (χ3v) is 6.70. The van der Waals surface area contributed by atoms with Gasteiger partial charge in [0.2, 0.25) is 6.29 Å². The zero-order valence-electron chi connectivity index (χ0n) is 18.9. The van der Waals surface area contributed by atoms with E-state index < -0.39 is 36.9 Å². The third kappa shape index (κ3) is 5.51. The van der Waals surface area contributed by atoms with E-state index in [2.05, 4.69) is 36.6 Å². The van der Waals surface area contributed by atoms with Gasteiger partial charge in [-0.05, 0) is 60.4 Å². The van der Waals surface area contributed by atoms with Gasteiger partial charge in [0.25, 0.3) is 0 Å². The summed E-state index contributed by atoms with van der Waals surface area (Å²) in [5.74, 6) is 0.439. The van der Waals surface area contributed by atoms with Gasteiger partial charge in [0.1, 0.15) is 36.8 Å². The summed E-state index contributed by atoms with van der Waals surface area (Å²) >= 11 is 1.64. The van der Waals surface area contributed by atoms with Crippen molar-refractivity contribution in [2.45, 2.75) is 51.0 Å². The average molecular weight is 489 g/mol. The second kappa shape index (κ2) is 10.7. The molecule has 0 unspecified atom stereocenters. The topological polar surface area (TPSA) is 115 Å². The Morgan fingerprint density at radius 3 is 2.53 bits per heavy atom. The molecular formula is C25H28O8S. The maximum absolute atomic E-state index is 11.5. The van der Waals surface area contributed by atoms with Crippen molar-refractivity contribution < 1.29 is 39.1 Å². The zero-order valence-corrected chi connectivity index (χ0v) is 19.7. The average Bonchev–Trinajstić information content (AvgIpc) is 3.22. The molecule has 182 valence electrons. The lowest BCUT2D eigenvalue weighted by Crippen LogP contribution is -2.60. The molecule has 9 heteroatoms. The second-order valence-electron chi connectivity index (χ2n) is 8.21. The molecule has 1 fully saturated rings. The molecule has 1 aromatic heterocycles. The Hall–Kier alpha value is -2.69. The van der Waals surface area contributed by atoms with E-state index in [1.54, 1.807) is 24.3 Å². The van der Waals surface area contributed by atoms with Crippen molar-refractivity contribution in [3.8, 4) is 5.75 Å². The summed E-state index contributed by atoms with van der Waals surface area (Å²) in [5.41, 5.74) is 3.55. The van der Waals surface area contributed by atoms with E-state index >= 15 is 0 Å². The second-order valence-corrected chi connectivity index (χ2v) is 9.12. The Labute approximate surface area is 201 Å². The number of aliphatic hydroxyl groups excluding tert-OH is 3. The standard InChI is InChI=1S/C25H28O8S/c1-3-30-25(29)31-12-19-21(26)22(27)23(28)24(33-19)32-17-8-9-20-18(11-17)16(13-34-20)10-15-6-4-14(2)5-7-15/h4-9,11,13,19,21-24,26-28H,3,10,12H2,1-2H3/t19-,21-,22+,23-,24-/m1/s1. The summed E-state index contributed by atoms with van der Waals surface area (Å²) in [5, 5.41) is 34.0. The van der Waals surface area contributed by atoms with Gasteiger partial charge in [0, 0.05) is 4.70 Å². The van der Waals surface area contributed by atoms with E-state index in [4.69, 9.17) is 18.9 Å². The number of hydrogen-bond donors (Lipinski definition) is 3. The van der Waals surface area contributed by atoms with Crippen molar-refractivity contribution in [1.82, 2.24) is 0 Å². The molecule has 34 heavy (non-hydrogen) atoms. The summed E-state index contributed by atoms with van der Waals surface area (Å²) < 4.78 is 22.2. The van der Waals surface area contributed by atoms with Crippen LogP contribution in [0.1, 0.15) is 23.6 Å². The van der Waals surface area contributed by atoms with E-state index in [9.17, 15) is 20.1 Å². The zero-order chi connectivity index (χ0) is 24.2. The van der Waals surface area contributed by atoms with E-state index in [0.29, 0.717) is 5.75 Å². The van der Waals surface area contributed by atoms with Gasteiger partial charge in [0.15, 0.2) is 0 Å². The number of hydrogen-bond acceptors (Lipinski definition) is 9. The van der Waals surface area contributed by atoms with E-state index in [-0.39, 0.29) is 13.2 Å². The van der Waals surface area contributed by atoms with Gasteiger partial charge in [0.05, 0.1) is 6.61 Å². The lowest BCUT2D eigenvalue weighted by molar-refractivity contribution is -0.277. The molecule has 0 spiro atoms. The quantitative estimate of drug-likeness (QED) is 0.435. The molecule has 0 amide bonds. The van der Waals surface area contributed by atoms with Crippen molar-refractivity contribution in [2.24, 2.45) is 0 Å². The molecule has 2 heterocycles. The molecule has 1 aliphatic rings. The predicted octanol–water partition coefficient (Wildman–Crippen LogP) is 3.16. The fraction of sp³-hybridized carbons (Fsp3) is 0.400. The molecule has 1 aliphatic heterocycles. The van der Waals surface area contributed by atoms with Crippen molar-refractivity contribution >= 4 is 27.6 Å². The third-order valence-electron chi connectivity index (χ3n) is 5.69. The molecule has 3 aromatic rings. The Balaban J connectivity index is 1.48. The number of benzene rings is 2. The number of fused-ring (bicyclic) bond motifs is 1. The van der Waals surface area contributed by atoms with Gasteiger partial charge in [-0.3, -0.25) is 0 Å². The SMILES string of the molecule is CCOC(=O)OC[C@H]1O[C@@H](Oc2ccc3scc(Cc4ccc(C)cc4)c3c2)[C@H](O)[C@@H](O)[C@@H]1O. The smallest absolute Gasteiger partial charge is 0.462 e. The van der Waals surface area contributed by atoms with Crippen LogP contribution in [-0.4, -0.2) is 65.4 Å². The fourth-order valence-electron chi connectivity index (χ4n) is 3.79. The van der Waals surface area contributed by atoms with Crippen LogP contribution < -0.4 is 4.74 Å². The van der Waals surface area contributed by atoms with Gasteiger partial charge in [-0.25, -0.2) is 4.79 Å². The Bertz CT molecular complexity index is 1110. The van der Waals surface area contributed by atoms with Crippen LogP contribution in [0, 0.1) is 6.92 Å². The maximum Gasteiger partial charge on any atom is 0.508 e. The minimum Gasteiger partial charge on any atom is -0.462 e. The molecule has 5 atom stereocenters. The monoisotopic (exact) mass is 488 g/mol. The lowest BCUT2D eigenvalue weighted by Gasteiger charge is -2.39. The molecule has 0 radical (unpaired) electrons. The summed E-state index contributed by atoms with van der Waals surface area (Å²) in [6, 6.07) is 13.9. The molecule has 2 aromatic carbocycles. The number of carbonyl (C=O) groups is 1. The Morgan fingerprint density at radius 1 is 1.03 bits per heavy atom. The van der Waals surface area contributed by atoms with E-state index in [0.717, 1.165) is 22.1 Å². The van der Waals surface area contributed by atoms with Crippen LogP contribution in [0.5, 0.6) is 5.75 Å². The van der Waals surface area contributed by atoms with Crippen LogP contribution in [0.2, 0.25) is 0 Å². The van der Waals surface area contributed by atoms with Crippen molar-refractivity contribution in [3.63, 3.8) is 0 Å². The summed E-state index contributed by atoms with van der Waals surface area (Å²) in [4.78, 5) is 11.5. The first-order valence-corrected chi connectivity index (χ1v) is 11.9. The Morgan fingerprint density at radius 2 is 1.79 bits per heavy atom. The number of ether oxygens (including phenoxy) is 4. The lowest BCUT2D eigenvalue weighted by atomic mass is 9.99. The highest BCUT2D eigenvalue weighted by Crippen LogP contribution is 2.33. The largest absolute Gasteiger partial charge is 0.508 e. The van der Waals surface area contributed by atoms with Gasteiger partial charge >= 0.3 is 6.16 Å². The van der Waals surface area contributed by atoms with Crippen molar-refractivity contribution in [2.75, 3.05) is 13.2 Å². The molecule has 0 saturated carbocycles. The highest BCUT2D eigenvalue weighted by Gasteiger charge is 2.45. The normalized spacial score (nSPS) is 24.7. The van der Waals surface area contributed by atoms with Crippen LogP contribution >= 0.6 is 11.3 Å². The molecule has 3 N–H and O–H groups in total. The highest BCUT2D eigenvalue weighted by atomic mass is 32.1. The maximum atomic E-state index is 11.5. The molecule has 8 nitrogen and oxygen atoms in total. The van der Waals surface area contributed by atoms with E-state index in [1.165, 1.54) is 11.1 Å². The summed E-state index contributed by atoms with van der Waals surface area (Å²) in [6.45, 7) is 3.46. The molecule has 4 rings (SSSR count). The molecule has 0 aliphatic carbocycles. The predicted molar refractivity (Wildman–Crippen MR) is 126 cm³/mol. The minimum absolute atomic E-state index is 0.136. The van der Waals surface area contributed by atoms with Crippen LogP contribution in [-0.2, 0) is 20.6 Å². The minimum atomic E-state index is -1.54. The van der Waals surface area contributed by atoms with Crippen LogP contribution in [0.25, 0.3) is 10.1 Å². The number of aryl methyl sites for hydroxylation is 1. The number of carbonyl (C=O) groups excluding carboxylic acids is 1. The van der Waals surface area contributed by atoms with Gasteiger partial charge in [-0.1, -0.05) is 29.8 Å². The molecule has 1 saturated heterocycles. The van der Waals surface area contributed by atoms with Gasteiger partial charge < -0.3 is 34.3 Å². The van der Waals surface area contributed by atoms with E-state index in [1.807, 2.05) is 12.1 Å². The van der Waals surface area contributed by atoms with Crippen LogP contribution in [0.3, 0.4) is 0 Å². The van der Waals surface area contributed by atoms with Crippen molar-refractivity contribution in [3.05, 3.63) is 64.5 Å². The number of thiophene rings is 1. The van der Waals surface area contributed by atoms with Gasteiger partial charge in [-0.2, -0.15) is 0 Å². The molecular weight excluding hydrogens is 460 g/mol. The van der Waals surface area contributed by atoms with Gasteiger partial charge in [-0.15, -0.1) is 11.3 Å². The molecule has 0 bridgehead atoms. The highest BCUT2D eigenvalue weighted by molar-refractivity contribution is 7.17. The first kappa shape index (κ1) is 24.4. The van der Waals surface area contributed by atoms with Crippen LogP contribution in [0.15, 0.2) is 47.8 Å². The number of aliphatic hydroxyl groups is 3. The fourth-order valence-corrected chi connectivity index (χ4v) is 4.74. The summed E-state index contributed by atoms with van der Waals surface area (Å²) in [6.07, 6.45) is -7.04. The number of rotatable bonds is 7. The van der Waals surface area contributed by atoms with Crippen LogP contribution in [0.4, 0.5) is 4.79 Å². The first-order valence-electron chi connectivity index (χ1n) is 11.1. The van der Waals surface area contributed by atoms with Crippen molar-refractivity contribution in [1.29, 1.82) is 0 Å².